The predicted molar refractivity (Wildman–Crippen MR) is 93.0 cm³/mol. The first-order chi connectivity index (χ1) is 12.1. The molecule has 0 saturated carbocycles. The van der Waals surface area contributed by atoms with E-state index in [1.54, 1.807) is 0 Å². The molecule has 0 unspecified atom stereocenters. The van der Waals surface area contributed by atoms with Crippen LogP contribution in [0, 0.1) is 5.82 Å². The van der Waals surface area contributed by atoms with Crippen molar-refractivity contribution in [2.75, 3.05) is 11.1 Å². The first-order valence-corrected chi connectivity index (χ1v) is 8.46. The number of hydrogen-bond acceptors (Lipinski definition) is 6. The van der Waals surface area contributed by atoms with Crippen molar-refractivity contribution >= 4 is 34.4 Å². The zero-order chi connectivity index (χ0) is 17.8. The first kappa shape index (κ1) is 17.0. The molecule has 25 heavy (non-hydrogen) atoms. The zero-order valence-electron chi connectivity index (χ0n) is 13.3. The van der Waals surface area contributed by atoms with Crippen LogP contribution in [0.25, 0.3) is 11.0 Å². The average molecular weight is 359 g/mol. The second kappa shape index (κ2) is 7.39. The van der Waals surface area contributed by atoms with Gasteiger partial charge in [-0.25, -0.2) is 19.3 Å². The summed E-state index contributed by atoms with van der Waals surface area (Å²) in [5, 5.41) is 3.39. The summed E-state index contributed by atoms with van der Waals surface area (Å²) < 4.78 is 14.0. The molecule has 0 atom stereocenters. The zero-order valence-corrected chi connectivity index (χ0v) is 14.1. The predicted octanol–water partition coefficient (Wildman–Crippen LogP) is 2.08. The number of halogens is 1. The molecule has 0 saturated heterocycles. The summed E-state index contributed by atoms with van der Waals surface area (Å²) in [5.74, 6) is -0.00550. The third-order valence-electron chi connectivity index (χ3n) is 3.27. The van der Waals surface area contributed by atoms with E-state index in [1.165, 1.54) is 53.1 Å². The molecule has 9 heteroatoms. The fourth-order valence-corrected chi connectivity index (χ4v) is 2.67. The Labute approximate surface area is 146 Å². The van der Waals surface area contributed by atoms with Crippen LogP contribution in [0.1, 0.15) is 6.92 Å². The summed E-state index contributed by atoms with van der Waals surface area (Å²) in [7, 11) is 0. The molecule has 0 bridgehead atoms. The molecular formula is C16H14FN5O2S. The Morgan fingerprint density at radius 3 is 2.76 bits per heavy atom. The number of amides is 1. The number of hydrogen-bond donors (Lipinski definition) is 1. The van der Waals surface area contributed by atoms with E-state index >= 15 is 0 Å². The summed E-state index contributed by atoms with van der Waals surface area (Å²) in [4.78, 5) is 37.0. The van der Waals surface area contributed by atoms with Gasteiger partial charge in [0.05, 0.1) is 0 Å². The van der Waals surface area contributed by atoms with Gasteiger partial charge < -0.3 is 5.32 Å². The summed E-state index contributed by atoms with van der Waals surface area (Å²) in [6, 6.07) is 5.36. The van der Waals surface area contributed by atoms with Gasteiger partial charge in [0.1, 0.15) is 24.1 Å². The molecule has 0 radical (unpaired) electrons. The highest BCUT2D eigenvalue weighted by Crippen LogP contribution is 2.13. The molecule has 2 aromatic heterocycles. The van der Waals surface area contributed by atoms with E-state index in [9.17, 15) is 14.0 Å². The van der Waals surface area contributed by atoms with Crippen LogP contribution in [0.3, 0.4) is 0 Å². The summed E-state index contributed by atoms with van der Waals surface area (Å²) >= 11 is 1.45. The molecule has 2 heterocycles. The molecule has 7 nitrogen and oxygen atoms in total. The third kappa shape index (κ3) is 4.00. The van der Waals surface area contributed by atoms with Crippen LogP contribution in [0.4, 0.5) is 10.1 Å². The van der Waals surface area contributed by atoms with Crippen molar-refractivity contribution in [3.05, 3.63) is 53.0 Å². The van der Waals surface area contributed by atoms with Crippen molar-refractivity contribution < 1.29 is 9.18 Å². The van der Waals surface area contributed by atoms with Gasteiger partial charge in [0.15, 0.2) is 10.8 Å². The van der Waals surface area contributed by atoms with Crippen LogP contribution >= 0.6 is 11.8 Å². The fraction of sp³-hybridized carbons (Fsp3) is 0.188. The fourth-order valence-electron chi connectivity index (χ4n) is 2.14. The lowest BCUT2D eigenvalue weighted by Crippen LogP contribution is -2.28. The smallest absolute Gasteiger partial charge is 0.264 e. The number of fused-ring (bicyclic) bond motifs is 1. The lowest BCUT2D eigenvalue weighted by molar-refractivity contribution is -0.116. The Bertz CT molecular complexity index is 974. The molecule has 1 amide bonds. The van der Waals surface area contributed by atoms with Gasteiger partial charge in [0.2, 0.25) is 5.91 Å². The minimum Gasteiger partial charge on any atom is -0.325 e. The molecule has 0 aliphatic carbocycles. The molecule has 0 aliphatic rings. The highest BCUT2D eigenvalue weighted by atomic mass is 32.2. The Kier molecular flexibility index (Phi) is 5.03. The minimum absolute atomic E-state index is 0.218. The normalized spacial score (nSPS) is 10.8. The van der Waals surface area contributed by atoms with Crippen LogP contribution in [0.5, 0.6) is 0 Å². The molecule has 0 spiro atoms. The van der Waals surface area contributed by atoms with Crippen LogP contribution in [-0.4, -0.2) is 31.2 Å². The molecule has 0 aliphatic heterocycles. The van der Waals surface area contributed by atoms with E-state index in [4.69, 9.17) is 0 Å². The molecule has 128 valence electrons. The van der Waals surface area contributed by atoms with E-state index in [-0.39, 0.29) is 11.9 Å². The van der Waals surface area contributed by atoms with Gasteiger partial charge in [-0.1, -0.05) is 18.7 Å². The maximum Gasteiger partial charge on any atom is 0.264 e. The topological polar surface area (TPSA) is 89.8 Å². The van der Waals surface area contributed by atoms with E-state index in [2.05, 4.69) is 20.3 Å². The third-order valence-corrected chi connectivity index (χ3v) is 4.02. The van der Waals surface area contributed by atoms with Crippen LogP contribution < -0.4 is 10.9 Å². The Hall–Kier alpha value is -2.81. The molecular weight excluding hydrogens is 345 g/mol. The number of rotatable bonds is 5. The number of anilines is 1. The molecule has 0 fully saturated rings. The van der Waals surface area contributed by atoms with Crippen LogP contribution in [0.15, 0.2) is 46.7 Å². The van der Waals surface area contributed by atoms with Gasteiger partial charge in [0, 0.05) is 11.9 Å². The number of carbonyl (C=O) groups is 1. The van der Waals surface area contributed by atoms with Gasteiger partial charge in [-0.3, -0.25) is 14.2 Å². The maximum absolute atomic E-state index is 12.9. The summed E-state index contributed by atoms with van der Waals surface area (Å²) in [6.07, 6.45) is 2.70. The van der Waals surface area contributed by atoms with Gasteiger partial charge in [-0.2, -0.15) is 0 Å². The SMILES string of the molecule is CCSc1ncc2c(=O)n(CC(=O)Nc3ccc(F)cc3)cnc2n1. The minimum atomic E-state index is -0.422. The highest BCUT2D eigenvalue weighted by molar-refractivity contribution is 7.99. The van der Waals surface area contributed by atoms with Gasteiger partial charge >= 0.3 is 0 Å². The monoisotopic (exact) mass is 359 g/mol. The number of aromatic nitrogens is 4. The van der Waals surface area contributed by atoms with E-state index in [0.29, 0.717) is 16.5 Å². The second-order valence-corrected chi connectivity index (χ2v) is 6.29. The van der Waals surface area contributed by atoms with Crippen molar-refractivity contribution in [2.24, 2.45) is 0 Å². The Balaban J connectivity index is 1.80. The number of benzene rings is 1. The first-order valence-electron chi connectivity index (χ1n) is 7.47. The second-order valence-electron chi connectivity index (χ2n) is 5.06. The maximum atomic E-state index is 12.9. The lowest BCUT2D eigenvalue weighted by atomic mass is 10.3. The van der Waals surface area contributed by atoms with Gasteiger partial charge in [0.25, 0.3) is 5.56 Å². The van der Waals surface area contributed by atoms with Crippen LogP contribution in [-0.2, 0) is 11.3 Å². The van der Waals surface area contributed by atoms with Gasteiger partial charge in [-0.05, 0) is 30.0 Å². The highest BCUT2D eigenvalue weighted by Gasteiger charge is 2.10. The lowest BCUT2D eigenvalue weighted by Gasteiger charge is -2.08. The summed E-state index contributed by atoms with van der Waals surface area (Å²) in [5.41, 5.74) is 0.344. The largest absolute Gasteiger partial charge is 0.325 e. The number of nitrogens with one attached hydrogen (secondary N) is 1. The van der Waals surface area contributed by atoms with Crippen molar-refractivity contribution in [3.8, 4) is 0 Å². The standard InChI is InChI=1S/C16H14FN5O2S/c1-2-25-16-18-7-12-14(21-16)19-9-22(15(12)24)8-13(23)20-11-5-3-10(17)4-6-11/h3-7,9H,2,8H2,1H3,(H,20,23). The van der Waals surface area contributed by atoms with Crippen molar-refractivity contribution in [1.29, 1.82) is 0 Å². The van der Waals surface area contributed by atoms with Gasteiger partial charge in [-0.15, -0.1) is 0 Å². The van der Waals surface area contributed by atoms with E-state index in [1.807, 2.05) is 6.92 Å². The van der Waals surface area contributed by atoms with Crippen molar-refractivity contribution in [3.63, 3.8) is 0 Å². The molecule has 1 N–H and O–H groups in total. The number of thioether (sulfide) groups is 1. The van der Waals surface area contributed by atoms with Crippen molar-refractivity contribution in [2.45, 2.75) is 18.6 Å². The number of nitrogens with zero attached hydrogens (tertiary/aromatic N) is 4. The van der Waals surface area contributed by atoms with E-state index < -0.39 is 17.3 Å². The molecule has 1 aromatic carbocycles. The van der Waals surface area contributed by atoms with Crippen LogP contribution in [0.2, 0.25) is 0 Å². The average Bonchev–Trinajstić information content (AvgIpc) is 2.60. The Morgan fingerprint density at radius 1 is 1.28 bits per heavy atom. The Morgan fingerprint density at radius 2 is 2.04 bits per heavy atom. The quantitative estimate of drug-likeness (QED) is 0.554. The molecule has 3 aromatic rings. The summed E-state index contributed by atoms with van der Waals surface area (Å²) in [6.45, 7) is 1.76. The number of carbonyl (C=O) groups excluding carboxylic acids is 1. The molecule has 3 rings (SSSR count). The van der Waals surface area contributed by atoms with E-state index in [0.717, 1.165) is 5.75 Å². The van der Waals surface area contributed by atoms with Crippen molar-refractivity contribution in [1.82, 2.24) is 19.5 Å².